The molecule has 0 aliphatic heterocycles. The number of hydrogen-bond donors (Lipinski definition) is 1. The van der Waals surface area contributed by atoms with Gasteiger partial charge in [-0.15, -0.1) is 0 Å². The first-order valence-electron chi connectivity index (χ1n) is 5.34. The van der Waals surface area contributed by atoms with Crippen LogP contribution in [0.3, 0.4) is 0 Å². The van der Waals surface area contributed by atoms with Crippen LogP contribution >= 0.6 is 0 Å². The molecule has 0 fully saturated rings. The number of hydrogen-bond acceptors (Lipinski definition) is 3. The summed E-state index contributed by atoms with van der Waals surface area (Å²) in [5.74, 6) is -1.25. The van der Waals surface area contributed by atoms with Crippen LogP contribution in [-0.2, 0) is 0 Å². The summed E-state index contributed by atoms with van der Waals surface area (Å²) in [6.45, 7) is 3.21. The molecule has 92 valence electrons. The smallest absolute Gasteiger partial charge is 0.339 e. The third kappa shape index (κ3) is 2.07. The first-order chi connectivity index (χ1) is 8.50. The fourth-order valence-corrected chi connectivity index (χ4v) is 1.82. The van der Waals surface area contributed by atoms with Crippen molar-refractivity contribution in [3.63, 3.8) is 0 Å². The molecule has 0 aliphatic carbocycles. The molecule has 4 nitrogen and oxygen atoms in total. The number of halogens is 1. The number of carboxylic acid groups (broad SMARTS) is 1. The Hall–Kier alpha value is -2.30. The van der Waals surface area contributed by atoms with Gasteiger partial charge in [0.25, 0.3) is 0 Å². The Balaban J connectivity index is 2.78. The summed E-state index contributed by atoms with van der Waals surface area (Å²) in [7, 11) is 0. The average Bonchev–Trinajstić information content (AvgIpc) is 2.27. The SMILES string of the molecule is Cc1nc(C)c(C(=O)O)c(-c2ccccc2F)n1. The quantitative estimate of drug-likeness (QED) is 0.884. The second kappa shape index (κ2) is 4.52. The lowest BCUT2D eigenvalue weighted by atomic mass is 10.0. The summed E-state index contributed by atoms with van der Waals surface area (Å²) >= 11 is 0. The Labute approximate surface area is 103 Å². The van der Waals surface area contributed by atoms with Gasteiger partial charge in [0.05, 0.1) is 11.4 Å². The molecule has 1 heterocycles. The molecule has 0 unspecified atom stereocenters. The van der Waals surface area contributed by atoms with Gasteiger partial charge in [0.15, 0.2) is 0 Å². The lowest BCUT2D eigenvalue weighted by Crippen LogP contribution is -2.09. The third-order valence-corrected chi connectivity index (χ3v) is 2.54. The maximum atomic E-state index is 13.7. The minimum Gasteiger partial charge on any atom is -0.478 e. The summed E-state index contributed by atoms with van der Waals surface area (Å²) < 4.78 is 13.7. The summed E-state index contributed by atoms with van der Waals surface area (Å²) in [5.41, 5.74) is 0.549. The van der Waals surface area contributed by atoms with Crippen molar-refractivity contribution >= 4 is 5.97 Å². The highest BCUT2D eigenvalue weighted by atomic mass is 19.1. The van der Waals surface area contributed by atoms with E-state index in [0.717, 1.165) is 0 Å². The Morgan fingerprint density at radius 2 is 1.89 bits per heavy atom. The molecule has 0 amide bonds. The Kier molecular flexibility index (Phi) is 3.06. The van der Waals surface area contributed by atoms with Crippen LogP contribution in [0.5, 0.6) is 0 Å². The van der Waals surface area contributed by atoms with Crippen molar-refractivity contribution in [1.82, 2.24) is 9.97 Å². The average molecular weight is 246 g/mol. The van der Waals surface area contributed by atoms with Gasteiger partial charge in [-0.2, -0.15) is 0 Å². The zero-order chi connectivity index (χ0) is 13.3. The predicted molar refractivity (Wildman–Crippen MR) is 63.9 cm³/mol. The largest absolute Gasteiger partial charge is 0.478 e. The van der Waals surface area contributed by atoms with Crippen molar-refractivity contribution in [2.45, 2.75) is 13.8 Å². The van der Waals surface area contributed by atoms with E-state index in [0.29, 0.717) is 11.5 Å². The summed E-state index contributed by atoms with van der Waals surface area (Å²) in [6.07, 6.45) is 0. The maximum Gasteiger partial charge on any atom is 0.339 e. The highest BCUT2D eigenvalue weighted by Crippen LogP contribution is 2.25. The van der Waals surface area contributed by atoms with Crippen LogP contribution in [0.1, 0.15) is 21.9 Å². The van der Waals surface area contributed by atoms with E-state index in [9.17, 15) is 14.3 Å². The van der Waals surface area contributed by atoms with E-state index in [4.69, 9.17) is 0 Å². The molecule has 0 aliphatic rings. The van der Waals surface area contributed by atoms with Crippen LogP contribution in [0.2, 0.25) is 0 Å². The molecule has 2 rings (SSSR count). The van der Waals surface area contributed by atoms with Crippen molar-refractivity contribution < 1.29 is 14.3 Å². The van der Waals surface area contributed by atoms with Crippen LogP contribution in [0.4, 0.5) is 4.39 Å². The number of carboxylic acids is 1. The molecule has 0 radical (unpaired) electrons. The van der Waals surface area contributed by atoms with Crippen LogP contribution < -0.4 is 0 Å². The minimum absolute atomic E-state index is 0.0642. The second-order valence-corrected chi connectivity index (χ2v) is 3.86. The van der Waals surface area contributed by atoms with Gasteiger partial charge in [0.1, 0.15) is 17.2 Å². The number of aromatic nitrogens is 2. The molecule has 0 bridgehead atoms. The molecule has 1 aromatic carbocycles. The first-order valence-corrected chi connectivity index (χ1v) is 5.34. The first kappa shape index (κ1) is 12.2. The molecule has 0 saturated heterocycles. The summed E-state index contributed by atoms with van der Waals surface area (Å²) in [4.78, 5) is 19.3. The van der Waals surface area contributed by atoms with E-state index in [1.54, 1.807) is 26.0 Å². The van der Waals surface area contributed by atoms with Gasteiger partial charge in [-0.05, 0) is 26.0 Å². The Morgan fingerprint density at radius 3 is 2.50 bits per heavy atom. The molecule has 5 heteroatoms. The van der Waals surface area contributed by atoms with Crippen LogP contribution in [-0.4, -0.2) is 21.0 Å². The van der Waals surface area contributed by atoms with E-state index >= 15 is 0 Å². The standard InChI is InChI=1S/C13H11FN2O2/c1-7-11(13(17)18)12(16-8(2)15-7)9-5-3-4-6-10(9)14/h3-6H,1-2H3,(H,17,18). The van der Waals surface area contributed by atoms with Crippen molar-refractivity contribution in [2.75, 3.05) is 0 Å². The number of benzene rings is 1. The number of rotatable bonds is 2. The normalized spacial score (nSPS) is 10.4. The molecular formula is C13H11FN2O2. The highest BCUT2D eigenvalue weighted by Gasteiger charge is 2.20. The molecule has 1 aromatic heterocycles. The summed E-state index contributed by atoms with van der Waals surface area (Å²) in [6, 6.07) is 5.95. The number of carbonyl (C=O) groups is 1. The fourth-order valence-electron chi connectivity index (χ4n) is 1.82. The number of aryl methyl sites for hydroxylation is 2. The van der Waals surface area contributed by atoms with E-state index in [-0.39, 0.29) is 16.8 Å². The van der Waals surface area contributed by atoms with Crippen molar-refractivity contribution in [2.24, 2.45) is 0 Å². The monoisotopic (exact) mass is 246 g/mol. The Bertz CT molecular complexity index is 626. The van der Waals surface area contributed by atoms with Gasteiger partial charge in [-0.3, -0.25) is 0 Å². The molecule has 1 N–H and O–H groups in total. The van der Waals surface area contributed by atoms with Crippen LogP contribution in [0, 0.1) is 19.7 Å². The Morgan fingerprint density at radius 1 is 1.22 bits per heavy atom. The number of aromatic carboxylic acids is 1. The molecule has 0 atom stereocenters. The molecular weight excluding hydrogens is 235 g/mol. The number of nitrogens with zero attached hydrogens (tertiary/aromatic N) is 2. The van der Waals surface area contributed by atoms with E-state index in [2.05, 4.69) is 9.97 Å². The minimum atomic E-state index is -1.16. The van der Waals surface area contributed by atoms with Gasteiger partial charge in [-0.1, -0.05) is 12.1 Å². The van der Waals surface area contributed by atoms with Crippen LogP contribution in [0.15, 0.2) is 24.3 Å². The van der Waals surface area contributed by atoms with E-state index in [1.807, 2.05) is 0 Å². The highest BCUT2D eigenvalue weighted by molar-refractivity contribution is 5.95. The molecule has 2 aromatic rings. The van der Waals surface area contributed by atoms with Gasteiger partial charge in [0, 0.05) is 5.56 Å². The second-order valence-electron chi connectivity index (χ2n) is 3.86. The molecule has 0 spiro atoms. The predicted octanol–water partition coefficient (Wildman–Crippen LogP) is 2.60. The van der Waals surface area contributed by atoms with Crippen molar-refractivity contribution in [3.05, 3.63) is 47.2 Å². The zero-order valence-corrected chi connectivity index (χ0v) is 9.94. The van der Waals surface area contributed by atoms with Gasteiger partial charge >= 0.3 is 5.97 Å². The molecule has 18 heavy (non-hydrogen) atoms. The summed E-state index contributed by atoms with van der Waals surface area (Å²) in [5, 5.41) is 9.19. The zero-order valence-electron chi connectivity index (χ0n) is 9.94. The third-order valence-electron chi connectivity index (χ3n) is 2.54. The fraction of sp³-hybridized carbons (Fsp3) is 0.154. The lowest BCUT2D eigenvalue weighted by molar-refractivity contribution is 0.0696. The van der Waals surface area contributed by atoms with E-state index in [1.165, 1.54) is 12.1 Å². The van der Waals surface area contributed by atoms with Crippen molar-refractivity contribution in [1.29, 1.82) is 0 Å². The molecule has 0 saturated carbocycles. The van der Waals surface area contributed by atoms with Crippen molar-refractivity contribution in [3.8, 4) is 11.3 Å². The lowest BCUT2D eigenvalue weighted by Gasteiger charge is -2.09. The maximum absolute atomic E-state index is 13.7. The van der Waals surface area contributed by atoms with Crippen LogP contribution in [0.25, 0.3) is 11.3 Å². The van der Waals surface area contributed by atoms with Gasteiger partial charge < -0.3 is 5.11 Å². The topological polar surface area (TPSA) is 63.1 Å². The van der Waals surface area contributed by atoms with Gasteiger partial charge in [0.2, 0.25) is 0 Å². The van der Waals surface area contributed by atoms with E-state index < -0.39 is 11.8 Å². The van der Waals surface area contributed by atoms with Gasteiger partial charge in [-0.25, -0.2) is 19.2 Å².